The molecule has 0 heterocycles. The first-order valence-corrected chi connectivity index (χ1v) is 5.78. The predicted octanol–water partition coefficient (Wildman–Crippen LogP) is 0.976. The van der Waals surface area contributed by atoms with Crippen molar-refractivity contribution >= 4 is 28.6 Å². The van der Waals surface area contributed by atoms with Gasteiger partial charge in [-0.25, -0.2) is 0 Å². The van der Waals surface area contributed by atoms with Crippen LogP contribution in [0.4, 0.5) is 0 Å². The van der Waals surface area contributed by atoms with Crippen LogP contribution in [-0.4, -0.2) is 9.89 Å². The fourth-order valence-corrected chi connectivity index (χ4v) is 3.71. The molecule has 12 heavy (non-hydrogen) atoms. The second-order valence-corrected chi connectivity index (χ2v) is 5.40. The number of fused-ring (bicyclic) bond motifs is 2. The molecule has 0 N–H and O–H groups in total. The normalized spacial score (nSPS) is 41.6. The van der Waals surface area contributed by atoms with Gasteiger partial charge in [0.05, 0.1) is 9.89 Å². The van der Waals surface area contributed by atoms with E-state index in [1.54, 1.807) is 0 Å². The molecule has 0 aromatic carbocycles. The Hall–Kier alpha value is 0.200. The van der Waals surface area contributed by atoms with Crippen molar-refractivity contribution in [1.82, 2.24) is 0 Å². The number of hydrogen-bond donors (Lipinski definition) is 0. The van der Waals surface area contributed by atoms with Crippen LogP contribution >= 0.6 is 22.6 Å². The summed E-state index contributed by atoms with van der Waals surface area (Å²) >= 11 is 2.03. The van der Waals surface area contributed by atoms with Crippen LogP contribution in [0, 0.1) is 17.8 Å². The van der Waals surface area contributed by atoms with Crippen LogP contribution in [0.3, 0.4) is 0 Å². The van der Waals surface area contributed by atoms with Gasteiger partial charge < -0.3 is 9.90 Å². The number of alkyl halides is 1. The molecule has 0 spiro atoms. The van der Waals surface area contributed by atoms with Crippen molar-refractivity contribution in [1.29, 1.82) is 0 Å². The van der Waals surface area contributed by atoms with E-state index >= 15 is 0 Å². The maximum Gasteiger partial charge on any atom is 0.0545 e. The lowest BCUT2D eigenvalue weighted by atomic mass is 9.86. The van der Waals surface area contributed by atoms with Crippen LogP contribution in [-0.2, 0) is 4.79 Å². The van der Waals surface area contributed by atoms with Gasteiger partial charge in [-0.3, -0.25) is 0 Å². The summed E-state index contributed by atoms with van der Waals surface area (Å²) in [5.41, 5.74) is 0. The van der Waals surface area contributed by atoms with E-state index in [9.17, 15) is 9.90 Å². The summed E-state index contributed by atoms with van der Waals surface area (Å²) in [7, 11) is 0. The topological polar surface area (TPSA) is 40.1 Å². The van der Waals surface area contributed by atoms with Crippen molar-refractivity contribution in [3.63, 3.8) is 0 Å². The number of aliphatic carboxylic acids is 1. The first-order chi connectivity index (χ1) is 5.68. The fourth-order valence-electron chi connectivity index (χ4n) is 2.83. The number of carboxylic acid groups (broad SMARTS) is 1. The summed E-state index contributed by atoms with van der Waals surface area (Å²) in [6.07, 6.45) is 4.99. The van der Waals surface area contributed by atoms with Crippen molar-refractivity contribution in [2.75, 3.05) is 0 Å². The summed E-state index contributed by atoms with van der Waals surface area (Å²) in [5, 5.41) is 10.6. The average molecular weight is 279 g/mol. The Bertz CT molecular complexity index is 205. The van der Waals surface area contributed by atoms with Crippen molar-refractivity contribution in [3.8, 4) is 0 Å². The summed E-state index contributed by atoms with van der Waals surface area (Å²) in [6.45, 7) is 0. The van der Waals surface area contributed by atoms with Crippen molar-refractivity contribution in [2.24, 2.45) is 17.8 Å². The maximum atomic E-state index is 10.6. The zero-order valence-corrected chi connectivity index (χ0v) is 8.99. The zero-order valence-electron chi connectivity index (χ0n) is 6.83. The number of hydrogen-bond acceptors (Lipinski definition) is 2. The molecule has 0 saturated heterocycles. The first-order valence-electron chi connectivity index (χ1n) is 4.53. The van der Waals surface area contributed by atoms with E-state index in [1.165, 1.54) is 19.3 Å². The molecule has 2 nitrogen and oxygen atoms in total. The zero-order chi connectivity index (χ0) is 8.72. The van der Waals surface area contributed by atoms with E-state index in [0.29, 0.717) is 11.8 Å². The monoisotopic (exact) mass is 279 g/mol. The van der Waals surface area contributed by atoms with E-state index in [0.717, 1.165) is 12.3 Å². The third-order valence-electron chi connectivity index (χ3n) is 3.39. The summed E-state index contributed by atoms with van der Waals surface area (Å²) in [5.74, 6) is 1.06. The highest BCUT2D eigenvalue weighted by atomic mass is 127. The Labute approximate surface area is 85.9 Å². The van der Waals surface area contributed by atoms with Gasteiger partial charge in [-0.15, -0.1) is 0 Å². The van der Waals surface area contributed by atoms with Gasteiger partial charge >= 0.3 is 0 Å². The molecule has 2 saturated carbocycles. The molecule has 4 atom stereocenters. The highest BCUT2D eigenvalue weighted by Crippen LogP contribution is 2.50. The fraction of sp³-hybridized carbons (Fsp3) is 0.889. The minimum Gasteiger partial charge on any atom is -0.549 e. The highest BCUT2D eigenvalue weighted by molar-refractivity contribution is 14.1. The third kappa shape index (κ3) is 1.36. The van der Waals surface area contributed by atoms with Crippen molar-refractivity contribution < 1.29 is 9.90 Å². The van der Waals surface area contributed by atoms with Crippen molar-refractivity contribution in [2.45, 2.75) is 29.6 Å². The number of carbonyl (C=O) groups is 1. The van der Waals surface area contributed by atoms with E-state index in [1.807, 2.05) is 22.6 Å². The molecule has 3 heteroatoms. The maximum absolute atomic E-state index is 10.6. The predicted molar refractivity (Wildman–Crippen MR) is 51.8 cm³/mol. The number of halogens is 1. The van der Waals surface area contributed by atoms with Gasteiger partial charge in [-0.05, 0) is 37.0 Å². The van der Waals surface area contributed by atoms with Gasteiger partial charge in [0.25, 0.3) is 0 Å². The van der Waals surface area contributed by atoms with Crippen LogP contribution in [0.25, 0.3) is 0 Å². The highest BCUT2D eigenvalue weighted by Gasteiger charge is 2.42. The molecule has 2 rings (SSSR count). The Morgan fingerprint density at radius 2 is 2.17 bits per heavy atom. The Kier molecular flexibility index (Phi) is 2.31. The van der Waals surface area contributed by atoms with Gasteiger partial charge in [-0.2, -0.15) is 0 Å². The largest absolute Gasteiger partial charge is 0.549 e. The van der Waals surface area contributed by atoms with Crippen LogP contribution in [0.2, 0.25) is 0 Å². The van der Waals surface area contributed by atoms with Gasteiger partial charge in [0, 0.05) is 0 Å². The molecule has 4 unspecified atom stereocenters. The lowest BCUT2D eigenvalue weighted by Gasteiger charge is -2.26. The van der Waals surface area contributed by atoms with Gasteiger partial charge in [0.1, 0.15) is 0 Å². The van der Waals surface area contributed by atoms with Crippen molar-refractivity contribution in [3.05, 3.63) is 0 Å². The van der Waals surface area contributed by atoms with Crippen LogP contribution < -0.4 is 5.11 Å². The van der Waals surface area contributed by atoms with E-state index in [-0.39, 0.29) is 3.92 Å². The number of carboxylic acids is 1. The lowest BCUT2D eigenvalue weighted by Crippen LogP contribution is -2.38. The van der Waals surface area contributed by atoms with Gasteiger partial charge in [0.2, 0.25) is 0 Å². The molecule has 2 fully saturated rings. The summed E-state index contributed by atoms with van der Waals surface area (Å²) in [4.78, 5) is 10.6. The van der Waals surface area contributed by atoms with Crippen LogP contribution in [0.15, 0.2) is 0 Å². The number of carbonyl (C=O) groups excluding carboxylic acids is 1. The first kappa shape index (κ1) is 8.78. The SMILES string of the molecule is O=C([O-])C(I)C1CC2CCC1C2. The quantitative estimate of drug-likeness (QED) is 0.558. The van der Waals surface area contributed by atoms with E-state index in [4.69, 9.17) is 0 Å². The van der Waals surface area contributed by atoms with E-state index < -0.39 is 5.97 Å². The Morgan fingerprint density at radius 3 is 2.58 bits per heavy atom. The number of rotatable bonds is 2. The van der Waals surface area contributed by atoms with Gasteiger partial charge in [-0.1, -0.05) is 29.0 Å². The summed E-state index contributed by atoms with van der Waals surface area (Å²) in [6, 6.07) is 0. The molecule has 2 aliphatic carbocycles. The third-order valence-corrected chi connectivity index (χ3v) is 4.83. The lowest BCUT2D eigenvalue weighted by molar-refractivity contribution is -0.305. The average Bonchev–Trinajstić information content (AvgIpc) is 2.62. The van der Waals surface area contributed by atoms with Crippen LogP contribution in [0.5, 0.6) is 0 Å². The van der Waals surface area contributed by atoms with Gasteiger partial charge in [0.15, 0.2) is 0 Å². The minimum absolute atomic E-state index is 0.252. The smallest absolute Gasteiger partial charge is 0.0545 e. The molecule has 2 bridgehead atoms. The molecular weight excluding hydrogens is 267 g/mol. The molecular formula is C9H12IO2-. The standard InChI is InChI=1S/C9H13IO2/c10-8(9(11)12)7-4-5-1-2-6(7)3-5/h5-8H,1-4H2,(H,11,12)/p-1. The molecule has 0 aromatic heterocycles. The Morgan fingerprint density at radius 1 is 1.42 bits per heavy atom. The minimum atomic E-state index is -0.867. The molecule has 0 radical (unpaired) electrons. The molecule has 2 aliphatic rings. The molecule has 0 aromatic rings. The summed E-state index contributed by atoms with van der Waals surface area (Å²) < 4.78 is -0.252. The molecule has 0 aliphatic heterocycles. The Balaban J connectivity index is 2.02. The second-order valence-electron chi connectivity index (χ2n) is 4.06. The molecule has 0 amide bonds. The van der Waals surface area contributed by atoms with Crippen LogP contribution in [0.1, 0.15) is 25.7 Å². The molecule has 68 valence electrons. The van der Waals surface area contributed by atoms with E-state index in [2.05, 4.69) is 0 Å². The second kappa shape index (κ2) is 3.16.